The van der Waals surface area contributed by atoms with Crippen molar-refractivity contribution in [2.45, 2.75) is 0 Å². The zero-order chi connectivity index (χ0) is 13.9. The third kappa shape index (κ3) is 2.23. The van der Waals surface area contributed by atoms with Crippen molar-refractivity contribution in [3.63, 3.8) is 0 Å². The van der Waals surface area contributed by atoms with E-state index in [1.807, 2.05) is 18.2 Å². The smallest absolute Gasteiger partial charge is 0.138 e. The summed E-state index contributed by atoms with van der Waals surface area (Å²) in [6, 6.07) is 11.0. The van der Waals surface area contributed by atoms with Crippen LogP contribution in [0.15, 0.2) is 42.7 Å². The summed E-state index contributed by atoms with van der Waals surface area (Å²) in [7, 11) is 0. The summed E-state index contributed by atoms with van der Waals surface area (Å²) in [5, 5.41) is 10.2. The van der Waals surface area contributed by atoms with Crippen LogP contribution in [0.2, 0.25) is 5.02 Å². The molecule has 1 aromatic carbocycles. The second-order valence-corrected chi connectivity index (χ2v) is 4.54. The van der Waals surface area contributed by atoms with E-state index >= 15 is 0 Å². The second-order valence-electron chi connectivity index (χ2n) is 4.16. The zero-order valence-electron chi connectivity index (χ0n) is 10.3. The van der Waals surface area contributed by atoms with E-state index in [0.29, 0.717) is 16.1 Å². The molecule has 0 bridgehead atoms. The van der Waals surface area contributed by atoms with Crippen molar-refractivity contribution in [1.29, 1.82) is 5.26 Å². The van der Waals surface area contributed by atoms with E-state index in [0.717, 1.165) is 16.6 Å². The number of nitriles is 1. The van der Waals surface area contributed by atoms with Gasteiger partial charge in [0, 0.05) is 23.3 Å². The topological polar surface area (TPSA) is 52.5 Å². The van der Waals surface area contributed by atoms with E-state index in [1.54, 1.807) is 24.5 Å². The van der Waals surface area contributed by atoms with Crippen LogP contribution in [0.5, 0.6) is 0 Å². The van der Waals surface area contributed by atoms with Gasteiger partial charge in [-0.05, 0) is 30.3 Å². The molecule has 2 aromatic heterocycles. The van der Waals surface area contributed by atoms with Gasteiger partial charge in [0.25, 0.3) is 0 Å². The summed E-state index contributed by atoms with van der Waals surface area (Å²) < 4.78 is 0. The molecule has 1 N–H and O–H groups in total. The second kappa shape index (κ2) is 5.09. The van der Waals surface area contributed by atoms with Gasteiger partial charge >= 0.3 is 0 Å². The summed E-state index contributed by atoms with van der Waals surface area (Å²) in [6.07, 6.45) is 3.44. The maximum absolute atomic E-state index is 8.74. The molecule has 0 spiro atoms. The minimum atomic E-state index is 0.595. The molecule has 20 heavy (non-hydrogen) atoms. The molecule has 4 heteroatoms. The van der Waals surface area contributed by atoms with Gasteiger partial charge in [0.2, 0.25) is 0 Å². The molecular weight excluding hydrogens is 270 g/mol. The molecule has 0 fully saturated rings. The lowest BCUT2D eigenvalue weighted by molar-refractivity contribution is 1.32. The first kappa shape index (κ1) is 12.3. The van der Waals surface area contributed by atoms with E-state index < -0.39 is 0 Å². The summed E-state index contributed by atoms with van der Waals surface area (Å²) in [4.78, 5) is 7.26. The van der Waals surface area contributed by atoms with E-state index in [1.165, 1.54) is 0 Å². The molecule has 0 unspecified atom stereocenters. The third-order valence-electron chi connectivity index (χ3n) is 2.88. The average Bonchev–Trinajstić information content (AvgIpc) is 2.96. The minimum absolute atomic E-state index is 0.595. The molecule has 0 aliphatic carbocycles. The Morgan fingerprint density at radius 1 is 1.05 bits per heavy atom. The highest BCUT2D eigenvalue weighted by Crippen LogP contribution is 2.24. The Labute approximate surface area is 120 Å². The minimum Gasteiger partial charge on any atom is -0.346 e. The van der Waals surface area contributed by atoms with Crippen LogP contribution in [-0.2, 0) is 0 Å². The number of aromatic nitrogens is 2. The maximum atomic E-state index is 8.74. The van der Waals surface area contributed by atoms with E-state index in [9.17, 15) is 0 Å². The van der Waals surface area contributed by atoms with Gasteiger partial charge in [0.05, 0.1) is 22.2 Å². The Balaban J connectivity index is 1.99. The third-order valence-corrected chi connectivity index (χ3v) is 3.28. The monoisotopic (exact) mass is 277 g/mol. The Hall–Kier alpha value is -2.75. The van der Waals surface area contributed by atoms with Crippen molar-refractivity contribution in [1.82, 2.24) is 9.97 Å². The van der Waals surface area contributed by atoms with Crippen molar-refractivity contribution in [2.24, 2.45) is 0 Å². The lowest BCUT2D eigenvalue weighted by Crippen LogP contribution is -1.83. The number of aromatic amines is 1. The fraction of sp³-hybridized carbons (Fsp3) is 0. The summed E-state index contributed by atoms with van der Waals surface area (Å²) in [6.45, 7) is 0. The number of nitrogens with zero attached hydrogens (tertiary/aromatic N) is 2. The van der Waals surface area contributed by atoms with Crippen molar-refractivity contribution < 1.29 is 0 Å². The van der Waals surface area contributed by atoms with Crippen LogP contribution in [0.3, 0.4) is 0 Å². The Morgan fingerprint density at radius 3 is 2.55 bits per heavy atom. The van der Waals surface area contributed by atoms with E-state index in [4.69, 9.17) is 16.9 Å². The van der Waals surface area contributed by atoms with Crippen molar-refractivity contribution in [3.05, 3.63) is 64.4 Å². The SMILES string of the molecule is N#Cc1ccc(C#Cc2cnc3[nH]ccc3c2Cl)cc1. The van der Waals surface area contributed by atoms with Crippen LogP contribution < -0.4 is 0 Å². The van der Waals surface area contributed by atoms with Crippen LogP contribution in [0, 0.1) is 23.2 Å². The zero-order valence-corrected chi connectivity index (χ0v) is 11.1. The summed E-state index contributed by atoms with van der Waals surface area (Å²) in [5.74, 6) is 6.02. The molecule has 3 nitrogen and oxygen atoms in total. The number of nitrogens with one attached hydrogen (secondary N) is 1. The largest absolute Gasteiger partial charge is 0.346 e. The molecule has 0 saturated heterocycles. The van der Waals surface area contributed by atoms with Gasteiger partial charge in [0.1, 0.15) is 5.65 Å². The Bertz CT molecular complexity index is 874. The van der Waals surface area contributed by atoms with Gasteiger partial charge < -0.3 is 4.98 Å². The fourth-order valence-electron chi connectivity index (χ4n) is 1.83. The van der Waals surface area contributed by atoms with Gasteiger partial charge in [-0.25, -0.2) is 4.98 Å². The lowest BCUT2D eigenvalue weighted by Gasteiger charge is -1.97. The van der Waals surface area contributed by atoms with Crippen LogP contribution in [0.1, 0.15) is 16.7 Å². The number of fused-ring (bicyclic) bond motifs is 1. The van der Waals surface area contributed by atoms with Crippen LogP contribution >= 0.6 is 11.6 Å². The number of benzene rings is 1. The molecule has 2 heterocycles. The Kier molecular flexibility index (Phi) is 3.13. The average molecular weight is 278 g/mol. The number of halogens is 1. The maximum Gasteiger partial charge on any atom is 0.138 e. The van der Waals surface area contributed by atoms with Crippen molar-refractivity contribution in [3.8, 4) is 17.9 Å². The molecule has 0 radical (unpaired) electrons. The number of H-pyrrole nitrogens is 1. The Morgan fingerprint density at radius 2 is 1.80 bits per heavy atom. The molecule has 0 aliphatic rings. The highest BCUT2D eigenvalue weighted by molar-refractivity contribution is 6.36. The molecular formula is C16H8ClN3. The van der Waals surface area contributed by atoms with Gasteiger partial charge in [0.15, 0.2) is 0 Å². The molecule has 3 aromatic rings. The van der Waals surface area contributed by atoms with Gasteiger partial charge in [-0.15, -0.1) is 0 Å². The standard InChI is InChI=1S/C16H8ClN3/c17-15-13(10-20-16-14(15)7-8-19-16)6-5-11-1-3-12(9-18)4-2-11/h1-4,7-8,10H,(H,19,20). The van der Waals surface area contributed by atoms with Crippen LogP contribution in [-0.4, -0.2) is 9.97 Å². The first-order valence-electron chi connectivity index (χ1n) is 5.92. The van der Waals surface area contributed by atoms with Crippen molar-refractivity contribution >= 4 is 22.6 Å². The molecule has 3 rings (SSSR count). The number of hydrogen-bond acceptors (Lipinski definition) is 2. The quantitative estimate of drug-likeness (QED) is 0.640. The van der Waals surface area contributed by atoms with E-state index in [-0.39, 0.29) is 0 Å². The molecule has 0 atom stereocenters. The predicted molar refractivity (Wildman–Crippen MR) is 78.2 cm³/mol. The van der Waals surface area contributed by atoms with Crippen LogP contribution in [0.25, 0.3) is 11.0 Å². The van der Waals surface area contributed by atoms with Gasteiger partial charge in [-0.2, -0.15) is 5.26 Å². The molecule has 0 saturated carbocycles. The predicted octanol–water partition coefficient (Wildman–Crippen LogP) is 3.49. The summed E-state index contributed by atoms with van der Waals surface area (Å²) in [5.41, 5.74) is 2.88. The molecule has 94 valence electrons. The highest BCUT2D eigenvalue weighted by Gasteiger charge is 2.05. The fourth-order valence-corrected chi connectivity index (χ4v) is 2.08. The lowest BCUT2D eigenvalue weighted by atomic mass is 10.1. The summed E-state index contributed by atoms with van der Waals surface area (Å²) >= 11 is 6.29. The first-order valence-corrected chi connectivity index (χ1v) is 6.29. The van der Waals surface area contributed by atoms with Gasteiger partial charge in [-0.3, -0.25) is 0 Å². The number of pyridine rings is 1. The first-order chi connectivity index (χ1) is 9.78. The highest BCUT2D eigenvalue weighted by atomic mass is 35.5. The van der Waals surface area contributed by atoms with Crippen molar-refractivity contribution in [2.75, 3.05) is 0 Å². The normalized spacial score (nSPS) is 9.80. The van der Waals surface area contributed by atoms with Crippen LogP contribution in [0.4, 0.5) is 0 Å². The molecule has 0 aliphatic heterocycles. The van der Waals surface area contributed by atoms with E-state index in [2.05, 4.69) is 27.9 Å². The number of hydrogen-bond donors (Lipinski definition) is 1. The van der Waals surface area contributed by atoms with Gasteiger partial charge in [-0.1, -0.05) is 23.4 Å². The molecule has 0 amide bonds. The number of rotatable bonds is 0.